The number of carbonyl (C=O) groups is 1. The van der Waals surface area contributed by atoms with E-state index in [2.05, 4.69) is 10.2 Å². The van der Waals surface area contributed by atoms with Crippen molar-refractivity contribution in [1.29, 1.82) is 0 Å². The van der Waals surface area contributed by atoms with E-state index >= 15 is 0 Å². The van der Waals surface area contributed by atoms with Gasteiger partial charge in [0.2, 0.25) is 10.0 Å². The molecule has 0 spiro atoms. The lowest BCUT2D eigenvalue weighted by molar-refractivity contribution is -0.123. The Labute approximate surface area is 183 Å². The molecule has 1 aliphatic heterocycles. The van der Waals surface area contributed by atoms with Crippen LogP contribution in [0.5, 0.6) is 5.75 Å². The molecule has 1 heterocycles. The molecule has 2 aromatic rings. The van der Waals surface area contributed by atoms with Gasteiger partial charge in [0.15, 0.2) is 6.61 Å². The highest BCUT2D eigenvalue weighted by molar-refractivity contribution is 7.92. The predicted molar refractivity (Wildman–Crippen MR) is 120 cm³/mol. The number of sulfonamides is 1. The molecule has 0 bridgehead atoms. The molecule has 8 nitrogen and oxygen atoms in total. The van der Waals surface area contributed by atoms with E-state index in [0.717, 1.165) is 38.4 Å². The molecule has 0 aliphatic carbocycles. The summed E-state index contributed by atoms with van der Waals surface area (Å²) in [5.41, 5.74) is 1.43. The fraction of sp³-hybridized carbons (Fsp3) is 0.409. The number of amides is 1. The Bertz CT molecular complexity index is 929. The van der Waals surface area contributed by atoms with Crippen LogP contribution in [0.2, 0.25) is 0 Å². The first-order chi connectivity index (χ1) is 14.9. The minimum Gasteiger partial charge on any atom is -0.484 e. The van der Waals surface area contributed by atoms with Crippen LogP contribution in [0.4, 0.5) is 5.69 Å². The summed E-state index contributed by atoms with van der Waals surface area (Å²) in [6.07, 6.45) is 1.18. The van der Waals surface area contributed by atoms with Gasteiger partial charge in [0.25, 0.3) is 5.91 Å². The molecule has 1 N–H and O–H groups in total. The number of nitrogens with one attached hydrogen (secondary N) is 1. The zero-order chi connectivity index (χ0) is 22.1. The number of hydrogen-bond acceptors (Lipinski definition) is 6. The smallest absolute Gasteiger partial charge is 0.257 e. The summed E-state index contributed by atoms with van der Waals surface area (Å²) in [7, 11) is -3.46. The molecular weight excluding hydrogens is 418 g/mol. The van der Waals surface area contributed by atoms with Gasteiger partial charge in [0.1, 0.15) is 5.75 Å². The van der Waals surface area contributed by atoms with Crippen LogP contribution in [0, 0.1) is 0 Å². The maximum atomic E-state index is 12.3. The Balaban J connectivity index is 1.49. The number of carbonyl (C=O) groups excluding carboxylic acids is 1. The van der Waals surface area contributed by atoms with Gasteiger partial charge in [0, 0.05) is 26.2 Å². The molecule has 0 radical (unpaired) electrons. The van der Waals surface area contributed by atoms with Crippen molar-refractivity contribution in [1.82, 2.24) is 10.2 Å². The molecule has 1 amide bonds. The van der Waals surface area contributed by atoms with Crippen LogP contribution in [-0.2, 0) is 26.1 Å². The highest BCUT2D eigenvalue weighted by atomic mass is 32.2. The molecule has 0 unspecified atom stereocenters. The van der Waals surface area contributed by atoms with Crippen molar-refractivity contribution in [2.24, 2.45) is 0 Å². The van der Waals surface area contributed by atoms with Crippen LogP contribution in [0.3, 0.4) is 0 Å². The summed E-state index contributed by atoms with van der Waals surface area (Å²) in [6, 6.07) is 16.1. The number of hydrogen-bond donors (Lipinski definition) is 1. The third-order valence-electron chi connectivity index (χ3n) is 4.92. The standard InChI is InChI=1S/C22H29N3O5S/c1-31(27,28)25(17-19-5-3-2-4-6-19)20-7-9-21(10-8-20)30-18-22(26)23-11-12-24-13-15-29-16-14-24/h2-10H,11-18H2,1H3,(H,23,26). The number of morpholine rings is 1. The van der Waals surface area contributed by atoms with Gasteiger partial charge in [-0.1, -0.05) is 30.3 Å². The molecule has 2 aromatic carbocycles. The minimum atomic E-state index is -3.46. The van der Waals surface area contributed by atoms with Gasteiger partial charge in [-0.25, -0.2) is 8.42 Å². The number of ether oxygens (including phenoxy) is 2. The molecule has 3 rings (SSSR count). The molecular formula is C22H29N3O5S. The van der Waals surface area contributed by atoms with E-state index in [4.69, 9.17) is 9.47 Å². The lowest BCUT2D eigenvalue weighted by Crippen LogP contribution is -2.42. The predicted octanol–water partition coefficient (Wildman–Crippen LogP) is 1.48. The number of rotatable bonds is 10. The van der Waals surface area contributed by atoms with Gasteiger partial charge in [0.05, 0.1) is 31.7 Å². The minimum absolute atomic E-state index is 0.0950. The van der Waals surface area contributed by atoms with Crippen molar-refractivity contribution in [3.05, 3.63) is 60.2 Å². The summed E-state index contributed by atoms with van der Waals surface area (Å²) in [5.74, 6) is 0.305. The maximum absolute atomic E-state index is 12.3. The summed E-state index contributed by atoms with van der Waals surface area (Å²) in [4.78, 5) is 14.2. The number of nitrogens with zero attached hydrogens (tertiary/aromatic N) is 2. The van der Waals surface area contributed by atoms with Crippen LogP contribution >= 0.6 is 0 Å². The normalized spacial score (nSPS) is 14.7. The maximum Gasteiger partial charge on any atom is 0.257 e. The van der Waals surface area contributed by atoms with Gasteiger partial charge >= 0.3 is 0 Å². The van der Waals surface area contributed by atoms with Crippen LogP contribution in [-0.4, -0.2) is 71.5 Å². The first-order valence-electron chi connectivity index (χ1n) is 10.2. The Morgan fingerprint density at radius 1 is 1.10 bits per heavy atom. The molecule has 168 valence electrons. The highest BCUT2D eigenvalue weighted by Gasteiger charge is 2.18. The summed E-state index contributed by atoms with van der Waals surface area (Å²) >= 11 is 0. The molecule has 1 aliphatic rings. The largest absolute Gasteiger partial charge is 0.484 e. The van der Waals surface area contributed by atoms with E-state index in [-0.39, 0.29) is 19.1 Å². The van der Waals surface area contributed by atoms with E-state index in [1.807, 2.05) is 30.3 Å². The second-order valence-electron chi connectivity index (χ2n) is 7.34. The molecule has 1 fully saturated rings. The Hall–Kier alpha value is -2.62. The second kappa shape index (κ2) is 11.1. The Morgan fingerprint density at radius 2 is 1.77 bits per heavy atom. The third kappa shape index (κ3) is 7.54. The SMILES string of the molecule is CS(=O)(=O)N(Cc1ccccc1)c1ccc(OCC(=O)NCCN2CCOCC2)cc1. The van der Waals surface area contributed by atoms with E-state index in [1.54, 1.807) is 24.3 Å². The number of anilines is 1. The first-order valence-corrected chi connectivity index (χ1v) is 12.1. The van der Waals surface area contributed by atoms with Crippen molar-refractivity contribution in [2.45, 2.75) is 6.54 Å². The summed E-state index contributed by atoms with van der Waals surface area (Å²) in [6.45, 7) is 4.72. The average Bonchev–Trinajstić information content (AvgIpc) is 2.77. The average molecular weight is 448 g/mol. The van der Waals surface area contributed by atoms with E-state index in [1.165, 1.54) is 10.6 Å². The van der Waals surface area contributed by atoms with Gasteiger partial charge < -0.3 is 14.8 Å². The van der Waals surface area contributed by atoms with Crippen LogP contribution < -0.4 is 14.4 Å². The Morgan fingerprint density at radius 3 is 2.42 bits per heavy atom. The quantitative estimate of drug-likeness (QED) is 0.594. The topological polar surface area (TPSA) is 88.2 Å². The fourth-order valence-corrected chi connectivity index (χ4v) is 4.12. The van der Waals surface area contributed by atoms with Gasteiger partial charge in [-0.15, -0.1) is 0 Å². The van der Waals surface area contributed by atoms with E-state index in [0.29, 0.717) is 18.0 Å². The van der Waals surface area contributed by atoms with Gasteiger partial charge in [-0.2, -0.15) is 0 Å². The van der Waals surface area contributed by atoms with Crippen LogP contribution in [0.15, 0.2) is 54.6 Å². The monoisotopic (exact) mass is 447 g/mol. The lowest BCUT2D eigenvalue weighted by Gasteiger charge is -2.26. The van der Waals surface area contributed by atoms with Crippen molar-refractivity contribution in [3.8, 4) is 5.75 Å². The zero-order valence-corrected chi connectivity index (χ0v) is 18.5. The Kier molecular flexibility index (Phi) is 8.27. The van der Waals surface area contributed by atoms with Crippen LogP contribution in [0.25, 0.3) is 0 Å². The highest BCUT2D eigenvalue weighted by Crippen LogP contribution is 2.23. The molecule has 0 saturated carbocycles. The fourth-order valence-electron chi connectivity index (χ4n) is 3.24. The summed E-state index contributed by atoms with van der Waals surface area (Å²) < 4.78 is 36.7. The third-order valence-corrected chi connectivity index (χ3v) is 6.06. The molecule has 9 heteroatoms. The van der Waals surface area contributed by atoms with Gasteiger partial charge in [-0.05, 0) is 29.8 Å². The van der Waals surface area contributed by atoms with Crippen molar-refractivity contribution in [3.63, 3.8) is 0 Å². The molecule has 0 atom stereocenters. The van der Waals surface area contributed by atoms with Gasteiger partial charge in [-0.3, -0.25) is 14.0 Å². The lowest BCUT2D eigenvalue weighted by atomic mass is 10.2. The number of benzene rings is 2. The molecule has 31 heavy (non-hydrogen) atoms. The van der Waals surface area contributed by atoms with E-state index in [9.17, 15) is 13.2 Å². The van der Waals surface area contributed by atoms with E-state index < -0.39 is 10.0 Å². The summed E-state index contributed by atoms with van der Waals surface area (Å²) in [5, 5.41) is 2.84. The zero-order valence-electron chi connectivity index (χ0n) is 17.7. The second-order valence-corrected chi connectivity index (χ2v) is 9.25. The van der Waals surface area contributed by atoms with Crippen molar-refractivity contribution >= 4 is 21.6 Å². The van der Waals surface area contributed by atoms with Crippen molar-refractivity contribution in [2.75, 3.05) is 56.6 Å². The first kappa shape index (κ1) is 23.1. The van der Waals surface area contributed by atoms with Crippen LogP contribution in [0.1, 0.15) is 5.56 Å². The molecule has 1 saturated heterocycles. The molecule has 0 aromatic heterocycles. The van der Waals surface area contributed by atoms with Crippen molar-refractivity contribution < 1.29 is 22.7 Å².